The van der Waals surface area contributed by atoms with E-state index in [0.717, 1.165) is 39.5 Å². The third kappa shape index (κ3) is 4.12. The van der Waals surface area contributed by atoms with Crippen molar-refractivity contribution in [3.05, 3.63) is 81.9 Å². The maximum atomic E-state index is 13.4. The Balaban J connectivity index is 1.23. The second-order valence-electron chi connectivity index (χ2n) is 8.94. The number of carboxylic acid groups (broad SMARTS) is 1. The molecule has 0 saturated carbocycles. The van der Waals surface area contributed by atoms with Gasteiger partial charge < -0.3 is 15.7 Å². The van der Waals surface area contributed by atoms with E-state index in [4.69, 9.17) is 0 Å². The van der Waals surface area contributed by atoms with Gasteiger partial charge in [0.25, 0.3) is 17.6 Å². The van der Waals surface area contributed by atoms with Crippen molar-refractivity contribution < 1.29 is 19.5 Å². The quantitative estimate of drug-likeness (QED) is 0.300. The van der Waals surface area contributed by atoms with Gasteiger partial charge in [-0.2, -0.15) is 23.3 Å². The number of nitrogens with one attached hydrogen (secondary N) is 2. The van der Waals surface area contributed by atoms with Crippen molar-refractivity contribution in [2.24, 2.45) is 0 Å². The molecular formula is C25H20N8O4S. The predicted molar refractivity (Wildman–Crippen MR) is 136 cm³/mol. The molecule has 0 radical (unpaired) electrons. The van der Waals surface area contributed by atoms with Crippen LogP contribution in [0.3, 0.4) is 0 Å². The number of carbonyl (C=O) groups is 3. The van der Waals surface area contributed by atoms with Crippen LogP contribution in [0.1, 0.15) is 66.1 Å². The summed E-state index contributed by atoms with van der Waals surface area (Å²) in [5.74, 6) is -1.78. The summed E-state index contributed by atoms with van der Waals surface area (Å²) in [6.45, 7) is 2.02. The topological polar surface area (TPSA) is 164 Å². The van der Waals surface area contributed by atoms with Crippen molar-refractivity contribution >= 4 is 46.3 Å². The maximum absolute atomic E-state index is 13.4. The molecule has 0 unspecified atom stereocenters. The van der Waals surface area contributed by atoms with E-state index < -0.39 is 17.8 Å². The highest BCUT2D eigenvalue weighted by Gasteiger charge is 2.29. The van der Waals surface area contributed by atoms with E-state index in [1.807, 2.05) is 18.2 Å². The van der Waals surface area contributed by atoms with Crippen LogP contribution in [0.15, 0.2) is 42.7 Å². The Morgan fingerprint density at radius 2 is 1.95 bits per heavy atom. The number of rotatable bonds is 6. The molecule has 5 aromatic rings. The monoisotopic (exact) mass is 528 g/mol. The number of carboxylic acids is 1. The van der Waals surface area contributed by atoms with Gasteiger partial charge in [0, 0.05) is 12.6 Å². The van der Waals surface area contributed by atoms with Crippen LogP contribution in [0, 0.1) is 6.92 Å². The Morgan fingerprint density at radius 1 is 1.11 bits per heavy atom. The largest absolute Gasteiger partial charge is 0.478 e. The Morgan fingerprint density at radius 3 is 2.79 bits per heavy atom. The number of carbonyl (C=O) groups excluding carboxylic acids is 2. The first kappa shape index (κ1) is 23.6. The highest BCUT2D eigenvalue weighted by Crippen LogP contribution is 2.35. The summed E-state index contributed by atoms with van der Waals surface area (Å²) in [6.07, 6.45) is 2.54. The van der Waals surface area contributed by atoms with Crippen LogP contribution in [0.25, 0.3) is 16.8 Å². The zero-order chi connectivity index (χ0) is 26.4. The fourth-order valence-electron chi connectivity index (χ4n) is 4.79. The maximum Gasteiger partial charge on any atom is 0.335 e. The van der Waals surface area contributed by atoms with Gasteiger partial charge in [0.15, 0.2) is 0 Å². The minimum Gasteiger partial charge on any atom is -0.478 e. The third-order valence-corrected chi connectivity index (χ3v) is 7.27. The number of aromatic carboxylic acids is 1. The molecule has 3 heterocycles. The molecule has 1 aliphatic carbocycles. The fraction of sp³-hybridized carbons (Fsp3) is 0.200. The minimum absolute atomic E-state index is 0.0285. The molecule has 1 aliphatic rings. The molecule has 190 valence electrons. The van der Waals surface area contributed by atoms with Gasteiger partial charge in [-0.1, -0.05) is 12.1 Å². The molecule has 13 heteroatoms. The lowest BCUT2D eigenvalue weighted by Gasteiger charge is -2.16. The van der Waals surface area contributed by atoms with E-state index in [1.54, 1.807) is 19.1 Å². The van der Waals surface area contributed by atoms with E-state index in [1.165, 1.54) is 16.9 Å². The van der Waals surface area contributed by atoms with E-state index in [-0.39, 0.29) is 35.3 Å². The molecule has 3 N–H and O–H groups in total. The lowest BCUT2D eigenvalue weighted by Crippen LogP contribution is -2.30. The number of hydrogen-bond acceptors (Lipinski definition) is 9. The summed E-state index contributed by atoms with van der Waals surface area (Å²) in [4.78, 5) is 46.2. The standard InChI is InChI=1S/C25H20N8O4S/c1-12-14-5-7-17(16(14)4-3-15(12)24(36)37)29-23(35)21-9-20(30-25-27-11-28-33(21)25)22(34)26-10-13-2-6-18-19(8-13)32-38-31-18/h2-4,6,8-9,11,17H,5,7,10H2,1H3,(H,26,34)(H,29,35)(H,36,37)/t17-/m1/s1. The van der Waals surface area contributed by atoms with E-state index in [0.29, 0.717) is 18.4 Å². The molecule has 12 nitrogen and oxygen atoms in total. The molecule has 2 aromatic carbocycles. The van der Waals surface area contributed by atoms with Gasteiger partial charge >= 0.3 is 5.97 Å². The predicted octanol–water partition coefficient (Wildman–Crippen LogP) is 2.48. The number of hydrogen-bond donors (Lipinski definition) is 3. The number of aromatic nitrogens is 6. The first-order chi connectivity index (χ1) is 18.4. The van der Waals surface area contributed by atoms with Gasteiger partial charge in [-0.25, -0.2) is 9.78 Å². The van der Waals surface area contributed by atoms with Crippen LogP contribution < -0.4 is 10.6 Å². The van der Waals surface area contributed by atoms with Gasteiger partial charge in [-0.15, -0.1) is 0 Å². The molecule has 1 atom stereocenters. The van der Waals surface area contributed by atoms with Crippen LogP contribution in [-0.2, 0) is 13.0 Å². The lowest BCUT2D eigenvalue weighted by molar-refractivity contribution is 0.0695. The normalized spacial score (nSPS) is 14.5. The molecule has 0 aliphatic heterocycles. The van der Waals surface area contributed by atoms with Crippen molar-refractivity contribution in [2.45, 2.75) is 32.4 Å². The highest BCUT2D eigenvalue weighted by atomic mass is 32.1. The van der Waals surface area contributed by atoms with Gasteiger partial charge in [0.05, 0.1) is 23.3 Å². The molecule has 0 bridgehead atoms. The van der Waals surface area contributed by atoms with Crippen molar-refractivity contribution in [1.82, 2.24) is 39.0 Å². The van der Waals surface area contributed by atoms with Crippen LogP contribution >= 0.6 is 11.7 Å². The fourth-order valence-corrected chi connectivity index (χ4v) is 5.31. The number of benzene rings is 2. The van der Waals surface area contributed by atoms with Gasteiger partial charge in [-0.3, -0.25) is 9.59 Å². The second-order valence-corrected chi connectivity index (χ2v) is 9.47. The number of fused-ring (bicyclic) bond motifs is 3. The summed E-state index contributed by atoms with van der Waals surface area (Å²) in [5.41, 5.74) is 5.32. The van der Waals surface area contributed by atoms with Crippen molar-refractivity contribution in [3.8, 4) is 0 Å². The summed E-state index contributed by atoms with van der Waals surface area (Å²) in [5, 5.41) is 19.3. The average molecular weight is 529 g/mol. The minimum atomic E-state index is -0.977. The van der Waals surface area contributed by atoms with Crippen molar-refractivity contribution in [3.63, 3.8) is 0 Å². The highest BCUT2D eigenvalue weighted by molar-refractivity contribution is 7.00. The molecule has 38 heavy (non-hydrogen) atoms. The lowest BCUT2D eigenvalue weighted by atomic mass is 9.98. The molecule has 6 rings (SSSR count). The summed E-state index contributed by atoms with van der Waals surface area (Å²) in [6, 6.07) is 9.95. The smallest absolute Gasteiger partial charge is 0.335 e. The molecule has 0 spiro atoms. The van der Waals surface area contributed by atoms with Crippen molar-refractivity contribution in [2.75, 3.05) is 0 Å². The van der Waals surface area contributed by atoms with Gasteiger partial charge in [0.2, 0.25) is 0 Å². The van der Waals surface area contributed by atoms with Crippen LogP contribution in [0.5, 0.6) is 0 Å². The van der Waals surface area contributed by atoms with Crippen LogP contribution in [-0.4, -0.2) is 51.2 Å². The molecule has 0 fully saturated rings. The van der Waals surface area contributed by atoms with E-state index >= 15 is 0 Å². The Hall–Kier alpha value is -4.78. The average Bonchev–Trinajstić information content (AvgIpc) is 3.66. The Bertz CT molecular complexity index is 1760. The third-order valence-electron chi connectivity index (χ3n) is 6.72. The summed E-state index contributed by atoms with van der Waals surface area (Å²) >= 11 is 1.12. The van der Waals surface area contributed by atoms with Gasteiger partial charge in [0.1, 0.15) is 28.7 Å². The molecular weight excluding hydrogens is 508 g/mol. The van der Waals surface area contributed by atoms with Crippen LogP contribution in [0.4, 0.5) is 0 Å². The zero-order valence-electron chi connectivity index (χ0n) is 20.0. The van der Waals surface area contributed by atoms with Crippen molar-refractivity contribution in [1.29, 1.82) is 0 Å². The Labute approximate surface area is 219 Å². The van der Waals surface area contributed by atoms with Gasteiger partial charge in [-0.05, 0) is 60.2 Å². The first-order valence-corrected chi connectivity index (χ1v) is 12.5. The van der Waals surface area contributed by atoms with E-state index in [2.05, 4.69) is 34.4 Å². The Kier molecular flexibility index (Phi) is 5.76. The second kappa shape index (κ2) is 9.27. The molecule has 2 amide bonds. The summed E-state index contributed by atoms with van der Waals surface area (Å²) < 4.78 is 9.67. The van der Waals surface area contributed by atoms with Crippen LogP contribution in [0.2, 0.25) is 0 Å². The first-order valence-electron chi connectivity index (χ1n) is 11.8. The molecule has 3 aromatic heterocycles. The zero-order valence-corrected chi connectivity index (χ0v) is 20.8. The van der Waals surface area contributed by atoms with E-state index in [9.17, 15) is 19.5 Å². The SMILES string of the molecule is Cc1c(C(=O)O)ccc2c1CC[C@H]2NC(=O)c1cc(C(=O)NCc2ccc3nsnc3c2)nc2ncnn12. The number of amides is 2. The summed E-state index contributed by atoms with van der Waals surface area (Å²) in [7, 11) is 0. The number of nitrogens with zero attached hydrogens (tertiary/aromatic N) is 6. The molecule has 0 saturated heterocycles.